The summed E-state index contributed by atoms with van der Waals surface area (Å²) in [4.78, 5) is 10.2. The Morgan fingerprint density at radius 3 is 2.89 bits per heavy atom. The van der Waals surface area contributed by atoms with Gasteiger partial charge in [0.15, 0.2) is 9.84 Å². The van der Waals surface area contributed by atoms with Gasteiger partial charge in [0.1, 0.15) is 22.8 Å². The molecule has 2 heterocycles. The van der Waals surface area contributed by atoms with Crippen LogP contribution in [0.2, 0.25) is 0 Å². The van der Waals surface area contributed by atoms with Crippen molar-refractivity contribution in [1.82, 2.24) is 9.97 Å². The van der Waals surface area contributed by atoms with Crippen molar-refractivity contribution in [2.75, 3.05) is 34.4 Å². The predicted molar refractivity (Wildman–Crippen MR) is 79.1 cm³/mol. The second-order valence-electron chi connectivity index (χ2n) is 4.37. The summed E-state index contributed by atoms with van der Waals surface area (Å²) >= 11 is 1.66. The van der Waals surface area contributed by atoms with E-state index >= 15 is 0 Å². The van der Waals surface area contributed by atoms with Crippen molar-refractivity contribution in [3.05, 3.63) is 11.9 Å². The van der Waals surface area contributed by atoms with Gasteiger partial charge in [-0.2, -0.15) is 11.8 Å². The van der Waals surface area contributed by atoms with E-state index in [1.165, 1.54) is 0 Å². The highest BCUT2D eigenvalue weighted by Gasteiger charge is 2.33. The van der Waals surface area contributed by atoms with Gasteiger partial charge in [0, 0.05) is 29.9 Å². The molecular formula is C11H18N4O2S2. The number of nitrogens with zero attached hydrogens (tertiary/aromatic N) is 3. The molecule has 2 rings (SSSR count). The maximum atomic E-state index is 12.2. The molecule has 106 valence electrons. The molecular weight excluding hydrogens is 284 g/mol. The molecule has 0 radical (unpaired) electrons. The number of sulfone groups is 1. The van der Waals surface area contributed by atoms with Crippen LogP contribution in [-0.2, 0) is 9.84 Å². The summed E-state index contributed by atoms with van der Waals surface area (Å²) in [5.41, 5.74) is 5.72. The van der Waals surface area contributed by atoms with E-state index in [2.05, 4.69) is 9.97 Å². The smallest absolute Gasteiger partial charge is 0.171 e. The van der Waals surface area contributed by atoms with Crippen molar-refractivity contribution >= 4 is 33.2 Å². The fourth-order valence-corrected chi connectivity index (χ4v) is 5.03. The van der Waals surface area contributed by atoms with E-state index < -0.39 is 15.2 Å². The van der Waals surface area contributed by atoms with Crippen LogP contribution in [0.1, 0.15) is 12.7 Å². The number of hydrogen-bond acceptors (Lipinski definition) is 7. The molecule has 1 unspecified atom stereocenters. The zero-order valence-corrected chi connectivity index (χ0v) is 12.7. The molecule has 19 heavy (non-hydrogen) atoms. The van der Waals surface area contributed by atoms with Crippen LogP contribution in [-0.4, -0.2) is 47.6 Å². The van der Waals surface area contributed by atoms with Crippen LogP contribution in [0, 0.1) is 6.92 Å². The second kappa shape index (κ2) is 5.54. The Kier molecular flexibility index (Phi) is 4.19. The number of thioether (sulfide) groups is 1. The number of rotatable bonds is 3. The summed E-state index contributed by atoms with van der Waals surface area (Å²) in [5.74, 6) is 3.12. The third-order valence-corrected chi connectivity index (χ3v) is 6.33. The van der Waals surface area contributed by atoms with Crippen molar-refractivity contribution in [3.63, 3.8) is 0 Å². The zero-order valence-electron chi connectivity index (χ0n) is 11.0. The van der Waals surface area contributed by atoms with Gasteiger partial charge in [-0.1, -0.05) is 6.92 Å². The average molecular weight is 302 g/mol. The van der Waals surface area contributed by atoms with Gasteiger partial charge < -0.3 is 10.6 Å². The minimum absolute atomic E-state index is 0.133. The van der Waals surface area contributed by atoms with E-state index in [0.717, 1.165) is 5.75 Å². The molecule has 0 spiro atoms. The number of anilines is 2. The van der Waals surface area contributed by atoms with E-state index in [9.17, 15) is 8.42 Å². The molecule has 1 fully saturated rings. The van der Waals surface area contributed by atoms with Gasteiger partial charge in [-0.25, -0.2) is 18.4 Å². The summed E-state index contributed by atoms with van der Waals surface area (Å²) in [5, 5.41) is -0.523. The lowest BCUT2D eigenvalue weighted by molar-refractivity contribution is 0.578. The molecule has 1 saturated heterocycles. The van der Waals surface area contributed by atoms with Crippen LogP contribution in [0.3, 0.4) is 0 Å². The quantitative estimate of drug-likeness (QED) is 0.878. The first-order chi connectivity index (χ1) is 8.94. The third-order valence-electron chi connectivity index (χ3n) is 3.04. The van der Waals surface area contributed by atoms with E-state index in [1.807, 2.05) is 4.90 Å². The number of nitrogens with two attached hydrogens (primary N) is 1. The third kappa shape index (κ3) is 3.11. The topological polar surface area (TPSA) is 89.2 Å². The summed E-state index contributed by atoms with van der Waals surface area (Å²) in [6.45, 7) is 4.08. The molecule has 1 aliphatic rings. The van der Waals surface area contributed by atoms with Gasteiger partial charge in [0.2, 0.25) is 0 Å². The maximum Gasteiger partial charge on any atom is 0.171 e. The average Bonchev–Trinajstić information content (AvgIpc) is 2.37. The van der Waals surface area contributed by atoms with E-state index in [4.69, 9.17) is 5.73 Å². The molecule has 2 N–H and O–H groups in total. The normalized spacial score (nSPS) is 20.5. The molecule has 0 bridgehead atoms. The molecule has 1 aromatic rings. The molecule has 0 amide bonds. The Labute approximate surface area is 117 Å². The van der Waals surface area contributed by atoms with Gasteiger partial charge in [-0.05, 0) is 6.92 Å². The van der Waals surface area contributed by atoms with Crippen LogP contribution < -0.4 is 10.6 Å². The first kappa shape index (κ1) is 14.4. The molecule has 6 nitrogen and oxygen atoms in total. The van der Waals surface area contributed by atoms with Crippen molar-refractivity contribution in [2.45, 2.75) is 19.2 Å². The maximum absolute atomic E-state index is 12.2. The minimum Gasteiger partial charge on any atom is -0.384 e. The highest BCUT2D eigenvalue weighted by Crippen LogP contribution is 2.26. The predicted octanol–water partition coefficient (Wildman–Crippen LogP) is 0.681. The Hall–Kier alpha value is -1.02. The molecule has 0 saturated carbocycles. The standard InChI is InChI=1S/C11H18N4O2S2/c1-3-19(16,17)11-7-18-5-4-15(11)10-6-9(12)13-8(2)14-10/h6,11H,3-5,7H2,1-2H3,(H2,12,13,14). The van der Waals surface area contributed by atoms with Crippen molar-refractivity contribution in [2.24, 2.45) is 0 Å². The van der Waals surface area contributed by atoms with E-state index in [1.54, 1.807) is 31.7 Å². The van der Waals surface area contributed by atoms with Crippen molar-refractivity contribution in [3.8, 4) is 0 Å². The lowest BCUT2D eigenvalue weighted by atomic mass is 10.4. The summed E-state index contributed by atoms with van der Waals surface area (Å²) in [6, 6.07) is 1.64. The summed E-state index contributed by atoms with van der Waals surface area (Å²) in [6.07, 6.45) is 0. The van der Waals surface area contributed by atoms with E-state index in [-0.39, 0.29) is 5.75 Å². The summed E-state index contributed by atoms with van der Waals surface area (Å²) < 4.78 is 24.4. The SMILES string of the molecule is CCS(=O)(=O)C1CSCCN1c1cc(N)nc(C)n1. The Morgan fingerprint density at radius 1 is 1.53 bits per heavy atom. The number of nitrogen functional groups attached to an aromatic ring is 1. The first-order valence-electron chi connectivity index (χ1n) is 6.11. The van der Waals surface area contributed by atoms with Crippen molar-refractivity contribution in [1.29, 1.82) is 0 Å². The van der Waals surface area contributed by atoms with Gasteiger partial charge >= 0.3 is 0 Å². The van der Waals surface area contributed by atoms with Gasteiger partial charge in [-0.15, -0.1) is 0 Å². The Bertz CT molecular complexity index is 542. The molecule has 8 heteroatoms. The minimum atomic E-state index is -3.14. The van der Waals surface area contributed by atoms with Crippen LogP contribution in [0.25, 0.3) is 0 Å². The van der Waals surface area contributed by atoms with Crippen LogP contribution in [0.5, 0.6) is 0 Å². The lowest BCUT2D eigenvalue weighted by Crippen LogP contribution is -2.48. The van der Waals surface area contributed by atoms with Gasteiger partial charge in [-0.3, -0.25) is 0 Å². The van der Waals surface area contributed by atoms with Crippen LogP contribution in [0.15, 0.2) is 6.07 Å². The van der Waals surface area contributed by atoms with Gasteiger partial charge in [0.25, 0.3) is 0 Å². The largest absolute Gasteiger partial charge is 0.384 e. The highest BCUT2D eigenvalue weighted by molar-refractivity contribution is 8.01. The zero-order chi connectivity index (χ0) is 14.0. The number of aromatic nitrogens is 2. The van der Waals surface area contributed by atoms with Crippen LogP contribution >= 0.6 is 11.8 Å². The fourth-order valence-electron chi connectivity index (χ4n) is 2.05. The first-order valence-corrected chi connectivity index (χ1v) is 8.98. The number of aryl methyl sites for hydroxylation is 1. The van der Waals surface area contributed by atoms with E-state index in [0.29, 0.717) is 29.8 Å². The number of hydrogen-bond donors (Lipinski definition) is 1. The fraction of sp³-hybridized carbons (Fsp3) is 0.636. The molecule has 1 aromatic heterocycles. The monoisotopic (exact) mass is 302 g/mol. The molecule has 0 aromatic carbocycles. The second-order valence-corrected chi connectivity index (χ2v) is 7.97. The van der Waals surface area contributed by atoms with Crippen LogP contribution in [0.4, 0.5) is 11.6 Å². The lowest BCUT2D eigenvalue weighted by Gasteiger charge is -2.35. The molecule has 0 aliphatic carbocycles. The molecule has 1 atom stereocenters. The Balaban J connectivity index is 2.39. The Morgan fingerprint density at radius 2 is 2.26 bits per heavy atom. The van der Waals surface area contributed by atoms with Gasteiger partial charge in [0.05, 0.1) is 0 Å². The summed E-state index contributed by atoms with van der Waals surface area (Å²) in [7, 11) is -3.14. The van der Waals surface area contributed by atoms with Crippen molar-refractivity contribution < 1.29 is 8.42 Å². The highest BCUT2D eigenvalue weighted by atomic mass is 32.2. The molecule has 1 aliphatic heterocycles.